The average Bonchev–Trinajstić information content (AvgIpc) is 3.25. The summed E-state index contributed by atoms with van der Waals surface area (Å²) in [7, 11) is 3.40. The van der Waals surface area contributed by atoms with Crippen LogP contribution in [0.1, 0.15) is 12.8 Å². The van der Waals surface area contributed by atoms with Gasteiger partial charge < -0.3 is 34.6 Å². The Morgan fingerprint density at radius 2 is 2.12 bits per heavy atom. The van der Waals surface area contributed by atoms with E-state index >= 15 is 0 Å². The third-order valence-electron chi connectivity index (χ3n) is 6.28. The van der Waals surface area contributed by atoms with E-state index in [9.17, 15) is 9.90 Å². The van der Waals surface area contributed by atoms with E-state index in [1.54, 1.807) is 25.1 Å². The number of aliphatic hydroxyl groups excluding tert-OH is 1. The monoisotopic (exact) mass is 470 g/mol. The van der Waals surface area contributed by atoms with Crippen molar-refractivity contribution in [2.75, 3.05) is 70.0 Å². The SMILES string of the molecule is C=CCC(/C=C/O)/C=C1\CCN(c2cccc(N3CCOCC3)c2)C1NC(=O)N(C)CCOC. The molecule has 2 amide bonds. The number of likely N-dealkylation sites (N-methyl/N-ethyl adjacent to an activating group) is 1. The molecule has 2 atom stereocenters. The van der Waals surface area contributed by atoms with Crippen molar-refractivity contribution in [3.05, 3.63) is 60.9 Å². The standard InChI is InChI=1S/C26H38N4O4/c1-4-6-21(10-15-31)19-22-9-11-30(25(22)27-26(32)28(2)12-16-33-3)24-8-5-7-23(20-24)29-13-17-34-18-14-29/h4-5,7-8,10,15,19-21,25,31H,1,6,9,11-14,16-18H2,2-3H3,(H,27,32)/b15-10+,22-19+. The van der Waals surface area contributed by atoms with Crippen molar-refractivity contribution in [1.82, 2.24) is 10.2 Å². The number of anilines is 2. The summed E-state index contributed by atoms with van der Waals surface area (Å²) in [6, 6.07) is 8.33. The Hall–Kier alpha value is -2.97. The van der Waals surface area contributed by atoms with Gasteiger partial charge in [-0.3, -0.25) is 0 Å². The summed E-state index contributed by atoms with van der Waals surface area (Å²) in [4.78, 5) is 19.2. The maximum Gasteiger partial charge on any atom is 0.319 e. The van der Waals surface area contributed by atoms with Gasteiger partial charge in [0.25, 0.3) is 0 Å². The molecule has 0 radical (unpaired) electrons. The van der Waals surface area contributed by atoms with Crippen molar-refractivity contribution in [1.29, 1.82) is 0 Å². The fourth-order valence-electron chi connectivity index (χ4n) is 4.37. The second-order valence-electron chi connectivity index (χ2n) is 8.60. The summed E-state index contributed by atoms with van der Waals surface area (Å²) >= 11 is 0. The Balaban J connectivity index is 1.87. The molecular weight excluding hydrogens is 432 g/mol. The van der Waals surface area contributed by atoms with Gasteiger partial charge >= 0.3 is 6.03 Å². The van der Waals surface area contributed by atoms with Crippen LogP contribution >= 0.6 is 0 Å². The predicted octanol–water partition coefficient (Wildman–Crippen LogP) is 3.54. The molecule has 2 heterocycles. The number of carbonyl (C=O) groups excluding carboxylic acids is 1. The van der Waals surface area contributed by atoms with Gasteiger partial charge in [-0.1, -0.05) is 18.2 Å². The van der Waals surface area contributed by atoms with E-state index < -0.39 is 0 Å². The molecule has 2 fully saturated rings. The fraction of sp³-hybridized carbons (Fsp3) is 0.500. The minimum atomic E-state index is -0.281. The third kappa shape index (κ3) is 6.77. The van der Waals surface area contributed by atoms with Crippen molar-refractivity contribution >= 4 is 17.4 Å². The van der Waals surface area contributed by atoms with Crippen LogP contribution < -0.4 is 15.1 Å². The Labute approximate surface area is 203 Å². The predicted molar refractivity (Wildman–Crippen MR) is 136 cm³/mol. The van der Waals surface area contributed by atoms with E-state index in [4.69, 9.17) is 9.47 Å². The number of urea groups is 1. The normalized spacial score (nSPS) is 20.6. The van der Waals surface area contributed by atoms with Gasteiger partial charge in [-0.25, -0.2) is 4.79 Å². The van der Waals surface area contributed by atoms with Crippen LogP contribution in [-0.2, 0) is 9.47 Å². The zero-order chi connectivity index (χ0) is 24.3. The average molecular weight is 471 g/mol. The summed E-state index contributed by atoms with van der Waals surface area (Å²) in [6.07, 6.45) is 8.06. The third-order valence-corrected chi connectivity index (χ3v) is 6.28. The van der Waals surface area contributed by atoms with Gasteiger partial charge in [-0.15, -0.1) is 6.58 Å². The lowest BCUT2D eigenvalue weighted by atomic mass is 10.00. The Morgan fingerprint density at radius 1 is 1.35 bits per heavy atom. The number of methoxy groups -OCH3 is 1. The second-order valence-corrected chi connectivity index (χ2v) is 8.60. The number of aliphatic hydroxyl groups is 1. The molecule has 186 valence electrons. The molecule has 1 aromatic carbocycles. The molecule has 34 heavy (non-hydrogen) atoms. The Kier molecular flexibility index (Phi) is 9.85. The molecule has 8 nitrogen and oxygen atoms in total. The van der Waals surface area contributed by atoms with Crippen molar-refractivity contribution in [3.63, 3.8) is 0 Å². The lowest BCUT2D eigenvalue weighted by molar-refractivity contribution is 0.122. The van der Waals surface area contributed by atoms with E-state index in [0.717, 1.165) is 62.5 Å². The minimum absolute atomic E-state index is 0.0164. The smallest absolute Gasteiger partial charge is 0.319 e. The van der Waals surface area contributed by atoms with Crippen molar-refractivity contribution in [2.24, 2.45) is 5.92 Å². The summed E-state index contributed by atoms with van der Waals surface area (Å²) in [5.41, 5.74) is 3.35. The van der Waals surface area contributed by atoms with Crippen LogP contribution in [0.25, 0.3) is 0 Å². The highest BCUT2D eigenvalue weighted by molar-refractivity contribution is 5.76. The lowest BCUT2D eigenvalue weighted by Gasteiger charge is -2.32. The molecule has 0 aliphatic carbocycles. The molecule has 2 N–H and O–H groups in total. The molecule has 2 saturated heterocycles. The highest BCUT2D eigenvalue weighted by Crippen LogP contribution is 2.32. The first-order chi connectivity index (χ1) is 16.6. The molecule has 0 spiro atoms. The quantitative estimate of drug-likeness (QED) is 0.402. The second kappa shape index (κ2) is 13.1. The number of amides is 2. The van der Waals surface area contributed by atoms with Gasteiger partial charge in [-0.2, -0.15) is 0 Å². The van der Waals surface area contributed by atoms with E-state index in [2.05, 4.69) is 52.0 Å². The number of morpholine rings is 1. The van der Waals surface area contributed by atoms with Crippen molar-refractivity contribution < 1.29 is 19.4 Å². The number of nitrogens with one attached hydrogen (secondary N) is 1. The highest BCUT2D eigenvalue weighted by atomic mass is 16.5. The van der Waals surface area contributed by atoms with Gasteiger partial charge in [0.05, 0.1) is 26.1 Å². The van der Waals surface area contributed by atoms with Crippen LogP contribution in [0.4, 0.5) is 16.2 Å². The van der Waals surface area contributed by atoms with Crippen LogP contribution in [-0.4, -0.2) is 82.4 Å². The molecule has 0 aromatic heterocycles. The highest BCUT2D eigenvalue weighted by Gasteiger charge is 2.32. The van der Waals surface area contributed by atoms with Crippen LogP contribution in [0, 0.1) is 5.92 Å². The number of rotatable bonds is 10. The Morgan fingerprint density at radius 3 is 2.82 bits per heavy atom. The molecule has 2 aliphatic rings. The molecule has 0 bridgehead atoms. The van der Waals surface area contributed by atoms with Gasteiger partial charge in [-0.05, 0) is 42.7 Å². The zero-order valence-corrected chi connectivity index (χ0v) is 20.4. The number of ether oxygens (including phenoxy) is 2. The van der Waals surface area contributed by atoms with E-state index in [-0.39, 0.29) is 18.1 Å². The molecule has 0 saturated carbocycles. The van der Waals surface area contributed by atoms with Gasteiger partial charge in [0.1, 0.15) is 6.17 Å². The van der Waals surface area contributed by atoms with Gasteiger partial charge in [0.2, 0.25) is 0 Å². The van der Waals surface area contributed by atoms with E-state index in [0.29, 0.717) is 19.6 Å². The van der Waals surface area contributed by atoms with Crippen LogP contribution in [0.3, 0.4) is 0 Å². The van der Waals surface area contributed by atoms with Crippen LogP contribution in [0.5, 0.6) is 0 Å². The first-order valence-electron chi connectivity index (χ1n) is 11.9. The van der Waals surface area contributed by atoms with Gasteiger partial charge in [0, 0.05) is 57.6 Å². The van der Waals surface area contributed by atoms with E-state index in [1.165, 1.54) is 0 Å². The molecule has 3 rings (SSSR count). The maximum absolute atomic E-state index is 13.0. The fourth-order valence-corrected chi connectivity index (χ4v) is 4.37. The molecule has 1 aromatic rings. The van der Waals surface area contributed by atoms with Gasteiger partial charge in [0.15, 0.2) is 0 Å². The first kappa shape index (κ1) is 25.6. The van der Waals surface area contributed by atoms with E-state index in [1.807, 2.05) is 6.08 Å². The first-order valence-corrected chi connectivity index (χ1v) is 11.9. The van der Waals surface area contributed by atoms with Crippen LogP contribution in [0.15, 0.2) is 60.9 Å². The Bertz CT molecular complexity index is 866. The minimum Gasteiger partial charge on any atom is -0.516 e. The topological polar surface area (TPSA) is 77.5 Å². The van der Waals surface area contributed by atoms with Crippen LogP contribution in [0.2, 0.25) is 0 Å². The maximum atomic E-state index is 13.0. The molecular formula is C26H38N4O4. The number of hydrogen-bond acceptors (Lipinski definition) is 6. The molecule has 8 heteroatoms. The number of allylic oxidation sites excluding steroid dienone is 3. The number of nitrogens with zero attached hydrogens (tertiary/aromatic N) is 3. The summed E-state index contributed by atoms with van der Waals surface area (Å²) < 4.78 is 10.6. The lowest BCUT2D eigenvalue weighted by Crippen LogP contribution is -2.50. The van der Waals surface area contributed by atoms with Crippen molar-refractivity contribution in [2.45, 2.75) is 19.0 Å². The number of carbonyl (C=O) groups is 1. The summed E-state index contributed by atoms with van der Waals surface area (Å²) in [5, 5.41) is 12.5. The molecule has 2 aliphatic heterocycles. The largest absolute Gasteiger partial charge is 0.516 e. The molecule has 2 unspecified atom stereocenters. The summed E-state index contributed by atoms with van der Waals surface area (Å²) in [5.74, 6) is 0.0164. The zero-order valence-electron chi connectivity index (χ0n) is 20.4. The number of hydrogen-bond donors (Lipinski definition) is 2. The summed E-state index contributed by atoms with van der Waals surface area (Å²) in [6.45, 7) is 8.81. The van der Waals surface area contributed by atoms with Crippen molar-refractivity contribution in [3.8, 4) is 0 Å². The number of benzene rings is 1.